The number of hydrogen-bond acceptors (Lipinski definition) is 2. The van der Waals surface area contributed by atoms with Gasteiger partial charge in [-0.25, -0.2) is 0 Å². The maximum atomic E-state index is 6.26. The lowest BCUT2D eigenvalue weighted by Gasteiger charge is -2.29. The summed E-state index contributed by atoms with van der Waals surface area (Å²) in [7, 11) is 0. The summed E-state index contributed by atoms with van der Waals surface area (Å²) in [4.78, 5) is 0. The summed E-state index contributed by atoms with van der Waals surface area (Å²) < 4.78 is 6.26. The Kier molecular flexibility index (Phi) is 3.81. The molecule has 0 saturated carbocycles. The molecular formula is C19H20ClNO. The molecule has 2 aliphatic heterocycles. The van der Waals surface area contributed by atoms with Gasteiger partial charge in [0.1, 0.15) is 11.9 Å². The molecule has 2 aromatic carbocycles. The van der Waals surface area contributed by atoms with Crippen LogP contribution in [-0.2, 0) is 0 Å². The molecule has 3 heteroatoms. The van der Waals surface area contributed by atoms with Gasteiger partial charge in [-0.15, -0.1) is 0 Å². The van der Waals surface area contributed by atoms with Gasteiger partial charge in [-0.3, -0.25) is 0 Å². The lowest BCUT2D eigenvalue weighted by molar-refractivity contribution is 0.137. The van der Waals surface area contributed by atoms with Crippen molar-refractivity contribution < 1.29 is 4.74 Å². The summed E-state index contributed by atoms with van der Waals surface area (Å²) in [6, 6.07) is 17.6. The fraction of sp³-hybridized carbons (Fsp3) is 0.368. The lowest BCUT2D eigenvalue weighted by atomic mass is 10.0. The van der Waals surface area contributed by atoms with E-state index in [0.717, 1.165) is 23.6 Å². The van der Waals surface area contributed by atoms with Crippen LogP contribution < -0.4 is 10.1 Å². The number of benzene rings is 2. The number of rotatable bonds is 3. The van der Waals surface area contributed by atoms with Crippen LogP contribution in [-0.4, -0.2) is 18.2 Å². The van der Waals surface area contributed by atoms with Crippen LogP contribution in [0.15, 0.2) is 48.5 Å². The minimum atomic E-state index is 0.346. The monoisotopic (exact) mass is 313 g/mol. The van der Waals surface area contributed by atoms with E-state index in [1.54, 1.807) is 0 Å². The molecule has 0 aromatic heterocycles. The van der Waals surface area contributed by atoms with E-state index >= 15 is 0 Å². The van der Waals surface area contributed by atoms with Crippen LogP contribution >= 0.6 is 11.6 Å². The zero-order valence-electron chi connectivity index (χ0n) is 12.5. The Balaban J connectivity index is 1.51. The molecule has 1 N–H and O–H groups in total. The molecule has 0 amide bonds. The summed E-state index contributed by atoms with van der Waals surface area (Å²) in [5.74, 6) is 0.971. The summed E-state index contributed by atoms with van der Waals surface area (Å²) >= 11 is 5.96. The number of fused-ring (bicyclic) bond motifs is 2. The quantitative estimate of drug-likeness (QED) is 0.889. The van der Waals surface area contributed by atoms with E-state index < -0.39 is 0 Å². The molecular weight excluding hydrogens is 294 g/mol. The maximum Gasteiger partial charge on any atom is 0.120 e. The Morgan fingerprint density at radius 3 is 2.36 bits per heavy atom. The lowest BCUT2D eigenvalue weighted by Crippen LogP contribution is -2.42. The second-order valence-electron chi connectivity index (χ2n) is 6.38. The normalized spacial score (nSPS) is 26.9. The third-order valence-electron chi connectivity index (χ3n) is 4.74. The topological polar surface area (TPSA) is 21.3 Å². The zero-order valence-corrected chi connectivity index (χ0v) is 13.2. The van der Waals surface area contributed by atoms with Gasteiger partial charge in [0.15, 0.2) is 0 Å². The second kappa shape index (κ2) is 5.94. The molecule has 2 atom stereocenters. The molecule has 2 bridgehead atoms. The van der Waals surface area contributed by atoms with Crippen molar-refractivity contribution in [3.05, 3.63) is 53.6 Å². The Bertz CT molecular complexity index is 643. The summed E-state index contributed by atoms with van der Waals surface area (Å²) in [5, 5.41) is 4.42. The van der Waals surface area contributed by atoms with Crippen LogP contribution in [0, 0.1) is 0 Å². The Labute approximate surface area is 136 Å². The molecule has 4 rings (SSSR count). The summed E-state index contributed by atoms with van der Waals surface area (Å²) in [6.45, 7) is 0. The molecule has 2 heterocycles. The van der Waals surface area contributed by atoms with Gasteiger partial charge >= 0.3 is 0 Å². The Hall–Kier alpha value is -1.51. The molecule has 22 heavy (non-hydrogen) atoms. The van der Waals surface area contributed by atoms with Gasteiger partial charge < -0.3 is 10.1 Å². The molecule has 2 nitrogen and oxygen atoms in total. The van der Waals surface area contributed by atoms with E-state index in [1.807, 2.05) is 24.3 Å². The van der Waals surface area contributed by atoms with Crippen LogP contribution in [0.25, 0.3) is 11.1 Å². The highest BCUT2D eigenvalue weighted by Gasteiger charge is 2.34. The Morgan fingerprint density at radius 1 is 0.909 bits per heavy atom. The first kappa shape index (κ1) is 14.1. The van der Waals surface area contributed by atoms with Gasteiger partial charge in [0.05, 0.1) is 0 Å². The van der Waals surface area contributed by atoms with Crippen molar-refractivity contribution in [3.63, 3.8) is 0 Å². The predicted octanol–water partition coefficient (Wildman–Crippen LogP) is 4.67. The molecule has 2 aromatic rings. The first-order valence-electron chi connectivity index (χ1n) is 8.05. The molecule has 2 unspecified atom stereocenters. The number of piperidine rings is 1. The third kappa shape index (κ3) is 2.99. The van der Waals surface area contributed by atoms with Gasteiger partial charge in [-0.05, 0) is 61.1 Å². The van der Waals surface area contributed by atoms with Crippen LogP contribution in [0.1, 0.15) is 25.7 Å². The Morgan fingerprint density at radius 2 is 1.64 bits per heavy atom. The van der Waals surface area contributed by atoms with Gasteiger partial charge in [0, 0.05) is 17.1 Å². The maximum absolute atomic E-state index is 6.26. The highest BCUT2D eigenvalue weighted by Crippen LogP contribution is 2.31. The fourth-order valence-electron chi connectivity index (χ4n) is 3.69. The number of hydrogen-bond donors (Lipinski definition) is 1. The molecule has 2 saturated heterocycles. The minimum Gasteiger partial charge on any atom is -0.490 e. The average Bonchev–Trinajstić information content (AvgIpc) is 2.87. The molecule has 2 fully saturated rings. The number of ether oxygens (including phenoxy) is 1. The summed E-state index contributed by atoms with van der Waals surface area (Å²) in [6.07, 6.45) is 5.20. The van der Waals surface area contributed by atoms with Crippen molar-refractivity contribution in [1.29, 1.82) is 0 Å². The van der Waals surface area contributed by atoms with Crippen molar-refractivity contribution in [2.24, 2.45) is 0 Å². The molecule has 0 radical (unpaired) electrons. The van der Waals surface area contributed by atoms with Gasteiger partial charge in [0.2, 0.25) is 0 Å². The van der Waals surface area contributed by atoms with Crippen LogP contribution in [0.4, 0.5) is 0 Å². The number of halogens is 1. The molecule has 0 aliphatic carbocycles. The van der Waals surface area contributed by atoms with Crippen molar-refractivity contribution >= 4 is 11.6 Å². The van der Waals surface area contributed by atoms with Crippen LogP contribution in [0.2, 0.25) is 5.02 Å². The van der Waals surface area contributed by atoms with Crippen LogP contribution in [0.3, 0.4) is 0 Å². The summed E-state index contributed by atoms with van der Waals surface area (Å²) in [5.41, 5.74) is 2.34. The largest absolute Gasteiger partial charge is 0.490 e. The standard InChI is InChI=1S/C19H20ClNO/c20-15-6-4-13(5-7-15)14-2-1-3-18(10-14)22-19-11-16-8-9-17(12-19)21-16/h1-7,10,16-17,19,21H,8-9,11-12H2. The predicted molar refractivity (Wildman–Crippen MR) is 90.5 cm³/mol. The van der Waals surface area contributed by atoms with Crippen molar-refractivity contribution in [2.75, 3.05) is 0 Å². The van der Waals surface area contributed by atoms with Crippen LogP contribution in [0.5, 0.6) is 5.75 Å². The first-order valence-corrected chi connectivity index (χ1v) is 8.43. The minimum absolute atomic E-state index is 0.346. The van der Waals surface area contributed by atoms with Gasteiger partial charge in [-0.1, -0.05) is 35.9 Å². The third-order valence-corrected chi connectivity index (χ3v) is 5.00. The van der Waals surface area contributed by atoms with Crippen molar-refractivity contribution in [3.8, 4) is 16.9 Å². The van der Waals surface area contributed by atoms with E-state index in [2.05, 4.69) is 29.6 Å². The first-order chi connectivity index (χ1) is 10.8. The van der Waals surface area contributed by atoms with Crippen molar-refractivity contribution in [2.45, 2.75) is 43.9 Å². The fourth-order valence-corrected chi connectivity index (χ4v) is 3.81. The van der Waals surface area contributed by atoms with E-state index in [4.69, 9.17) is 16.3 Å². The second-order valence-corrected chi connectivity index (χ2v) is 6.82. The van der Waals surface area contributed by atoms with E-state index in [1.165, 1.54) is 24.0 Å². The van der Waals surface area contributed by atoms with E-state index in [-0.39, 0.29) is 0 Å². The van der Waals surface area contributed by atoms with Gasteiger partial charge in [-0.2, -0.15) is 0 Å². The molecule has 2 aliphatic rings. The van der Waals surface area contributed by atoms with E-state index in [9.17, 15) is 0 Å². The zero-order chi connectivity index (χ0) is 14.9. The number of nitrogens with one attached hydrogen (secondary N) is 1. The highest BCUT2D eigenvalue weighted by atomic mass is 35.5. The average molecular weight is 314 g/mol. The highest BCUT2D eigenvalue weighted by molar-refractivity contribution is 6.30. The van der Waals surface area contributed by atoms with Crippen molar-refractivity contribution in [1.82, 2.24) is 5.32 Å². The smallest absolute Gasteiger partial charge is 0.120 e. The van der Waals surface area contributed by atoms with E-state index in [0.29, 0.717) is 18.2 Å². The molecule has 114 valence electrons. The molecule has 0 spiro atoms. The SMILES string of the molecule is Clc1ccc(-c2cccc(OC3CC4CCC(C3)N4)c2)cc1. The van der Waals surface area contributed by atoms with Gasteiger partial charge in [0.25, 0.3) is 0 Å².